The number of rotatable bonds is 6. The van der Waals surface area contributed by atoms with Crippen LogP contribution in [0.1, 0.15) is 23.6 Å². The maximum atomic E-state index is 15.6. The van der Waals surface area contributed by atoms with E-state index in [0.29, 0.717) is 15.8 Å². The van der Waals surface area contributed by atoms with Crippen molar-refractivity contribution >= 4 is 39.1 Å². The highest BCUT2D eigenvalue weighted by Gasteiger charge is 2.38. The van der Waals surface area contributed by atoms with Gasteiger partial charge in [0.15, 0.2) is 0 Å². The summed E-state index contributed by atoms with van der Waals surface area (Å²) in [5, 5.41) is 0.107. The van der Waals surface area contributed by atoms with E-state index in [4.69, 9.17) is 16.3 Å². The summed E-state index contributed by atoms with van der Waals surface area (Å²) in [6.07, 6.45) is 1.21. The number of esters is 1. The molecule has 30 heavy (non-hydrogen) atoms. The Balaban J connectivity index is 2.20. The molecule has 8 heteroatoms. The Morgan fingerprint density at radius 2 is 1.83 bits per heavy atom. The van der Waals surface area contributed by atoms with Crippen LogP contribution in [0.25, 0.3) is 10.8 Å². The molecule has 0 spiro atoms. The van der Waals surface area contributed by atoms with E-state index in [1.54, 1.807) is 13.0 Å². The number of benzene rings is 3. The zero-order valence-corrected chi connectivity index (χ0v) is 17.8. The van der Waals surface area contributed by atoms with Crippen molar-refractivity contribution in [2.75, 3.05) is 12.9 Å². The molecule has 0 N–H and O–H groups in total. The van der Waals surface area contributed by atoms with Crippen molar-refractivity contribution in [2.24, 2.45) is 0 Å². The molecule has 0 bridgehead atoms. The van der Waals surface area contributed by atoms with E-state index in [1.807, 2.05) is 0 Å². The van der Waals surface area contributed by atoms with Gasteiger partial charge in [0.1, 0.15) is 5.82 Å². The van der Waals surface area contributed by atoms with Crippen LogP contribution in [0.2, 0.25) is 5.02 Å². The maximum absolute atomic E-state index is 15.6. The summed E-state index contributed by atoms with van der Waals surface area (Å²) in [5.41, 5.74) is -0.673. The van der Waals surface area contributed by atoms with Gasteiger partial charge < -0.3 is 4.74 Å². The Morgan fingerprint density at radius 3 is 2.47 bits per heavy atom. The molecule has 1 unspecified atom stereocenters. The summed E-state index contributed by atoms with van der Waals surface area (Å²) in [4.78, 5) is 12.2. The molecule has 0 fully saturated rings. The Labute approximate surface area is 179 Å². The number of fused-ring (bicyclic) bond motifs is 1. The van der Waals surface area contributed by atoms with Crippen LogP contribution in [-0.4, -0.2) is 23.0 Å². The zero-order chi connectivity index (χ0) is 22.1. The van der Waals surface area contributed by atoms with E-state index in [2.05, 4.69) is 0 Å². The van der Waals surface area contributed by atoms with Crippen LogP contribution in [0.3, 0.4) is 0 Å². The summed E-state index contributed by atoms with van der Waals surface area (Å²) in [6, 6.07) is 9.94. The fraction of sp³-hybridized carbons (Fsp3) is 0.227. The lowest BCUT2D eigenvalue weighted by Gasteiger charge is -2.22. The van der Waals surface area contributed by atoms with Crippen LogP contribution < -0.4 is 0 Å². The lowest BCUT2D eigenvalue weighted by atomic mass is 9.92. The summed E-state index contributed by atoms with van der Waals surface area (Å²) >= 11 is 6.09. The minimum Gasteiger partial charge on any atom is -0.466 e. The predicted octanol–water partition coefficient (Wildman–Crippen LogP) is 5.62. The van der Waals surface area contributed by atoms with Gasteiger partial charge in [0.2, 0.25) is 0 Å². The molecule has 0 aromatic heterocycles. The molecular formula is C22H18ClF3O3S. The molecule has 3 aromatic rings. The van der Waals surface area contributed by atoms with Gasteiger partial charge in [-0.1, -0.05) is 23.7 Å². The second-order valence-corrected chi connectivity index (χ2v) is 8.45. The van der Waals surface area contributed by atoms with Crippen molar-refractivity contribution in [3.05, 3.63) is 76.1 Å². The van der Waals surface area contributed by atoms with Crippen LogP contribution >= 0.6 is 11.6 Å². The average molecular weight is 455 g/mol. The normalized spacial score (nSPS) is 12.7. The highest BCUT2D eigenvalue weighted by molar-refractivity contribution is 7.84. The van der Waals surface area contributed by atoms with E-state index < -0.39 is 39.6 Å². The SMILES string of the molecule is CCOC(=O)Cc1cc(C(F)(F)c2ccc(S(C)=O)cc2Cl)c2cc(F)ccc2c1. The molecule has 3 aromatic carbocycles. The smallest absolute Gasteiger partial charge is 0.310 e. The lowest BCUT2D eigenvalue weighted by molar-refractivity contribution is -0.142. The summed E-state index contributed by atoms with van der Waals surface area (Å²) in [7, 11) is -1.39. The molecule has 0 radical (unpaired) electrons. The van der Waals surface area contributed by atoms with E-state index in [1.165, 1.54) is 30.5 Å². The molecule has 0 aliphatic rings. The second kappa shape index (κ2) is 8.78. The first-order valence-corrected chi connectivity index (χ1v) is 11.0. The largest absolute Gasteiger partial charge is 0.466 e. The monoisotopic (exact) mass is 454 g/mol. The van der Waals surface area contributed by atoms with Crippen LogP contribution in [0.4, 0.5) is 13.2 Å². The minimum absolute atomic E-state index is 0.00631. The number of halogens is 4. The number of carbonyl (C=O) groups excluding carboxylic acids is 1. The quantitative estimate of drug-likeness (QED) is 0.454. The van der Waals surface area contributed by atoms with Gasteiger partial charge in [0, 0.05) is 33.1 Å². The van der Waals surface area contributed by atoms with Gasteiger partial charge in [-0.25, -0.2) is 4.39 Å². The van der Waals surface area contributed by atoms with Gasteiger partial charge in [0.25, 0.3) is 0 Å². The Kier molecular flexibility index (Phi) is 6.53. The van der Waals surface area contributed by atoms with Gasteiger partial charge >= 0.3 is 11.9 Å². The standard InChI is InChI=1S/C22H18ClF3O3S/c1-3-29-21(27)10-13-8-14-4-5-15(24)11-17(14)19(9-13)22(25,26)18-7-6-16(30(2)28)12-20(18)23/h4-9,11-12H,3,10H2,1-2H3. The molecule has 3 rings (SSSR count). The second-order valence-electron chi connectivity index (χ2n) is 6.66. The van der Waals surface area contributed by atoms with E-state index >= 15 is 8.78 Å². The van der Waals surface area contributed by atoms with Gasteiger partial charge in [-0.3, -0.25) is 9.00 Å². The maximum Gasteiger partial charge on any atom is 0.310 e. The van der Waals surface area contributed by atoms with Crippen LogP contribution in [-0.2, 0) is 32.7 Å². The van der Waals surface area contributed by atoms with Gasteiger partial charge in [0.05, 0.1) is 18.1 Å². The number of ether oxygens (including phenoxy) is 1. The lowest BCUT2D eigenvalue weighted by Crippen LogP contribution is -2.18. The molecule has 0 saturated heterocycles. The first kappa shape index (κ1) is 22.3. The van der Waals surface area contributed by atoms with Crippen molar-refractivity contribution < 1.29 is 26.9 Å². The number of alkyl halides is 2. The molecule has 0 aliphatic carbocycles. The third-order valence-corrected chi connectivity index (χ3v) is 5.81. The number of carbonyl (C=O) groups is 1. The minimum atomic E-state index is -3.60. The summed E-state index contributed by atoms with van der Waals surface area (Å²) < 4.78 is 61.6. The van der Waals surface area contributed by atoms with Crippen molar-refractivity contribution in [3.63, 3.8) is 0 Å². The van der Waals surface area contributed by atoms with E-state index in [9.17, 15) is 13.4 Å². The Morgan fingerprint density at radius 1 is 1.10 bits per heavy atom. The van der Waals surface area contributed by atoms with E-state index in [0.717, 1.165) is 18.2 Å². The molecule has 0 saturated carbocycles. The molecule has 0 aliphatic heterocycles. The van der Waals surface area contributed by atoms with Crippen LogP contribution in [0, 0.1) is 5.82 Å². The zero-order valence-electron chi connectivity index (χ0n) is 16.2. The number of hydrogen-bond acceptors (Lipinski definition) is 3. The third kappa shape index (κ3) is 4.52. The summed E-state index contributed by atoms with van der Waals surface area (Å²) in [6.45, 7) is 1.82. The van der Waals surface area contributed by atoms with Crippen LogP contribution in [0.5, 0.6) is 0 Å². The first-order chi connectivity index (χ1) is 14.1. The molecular weight excluding hydrogens is 437 g/mol. The highest BCUT2D eigenvalue weighted by Crippen LogP contribution is 2.43. The fourth-order valence-electron chi connectivity index (χ4n) is 3.21. The average Bonchev–Trinajstić information content (AvgIpc) is 2.67. The number of hydrogen-bond donors (Lipinski definition) is 0. The van der Waals surface area contributed by atoms with Gasteiger partial charge in [-0.2, -0.15) is 8.78 Å². The topological polar surface area (TPSA) is 43.4 Å². The molecule has 158 valence electrons. The van der Waals surface area contributed by atoms with Crippen molar-refractivity contribution in [2.45, 2.75) is 24.2 Å². The predicted molar refractivity (Wildman–Crippen MR) is 111 cm³/mol. The molecule has 0 heterocycles. The highest BCUT2D eigenvalue weighted by atomic mass is 35.5. The molecule has 3 nitrogen and oxygen atoms in total. The molecule has 0 amide bonds. The molecule has 1 atom stereocenters. The Hall–Kier alpha value is -2.38. The third-order valence-electron chi connectivity index (χ3n) is 4.58. The summed E-state index contributed by atoms with van der Waals surface area (Å²) in [5.74, 6) is -4.82. The van der Waals surface area contributed by atoms with Crippen molar-refractivity contribution in [1.29, 1.82) is 0 Å². The van der Waals surface area contributed by atoms with Crippen molar-refractivity contribution in [3.8, 4) is 0 Å². The fourth-order valence-corrected chi connectivity index (χ4v) is 4.11. The Bertz CT molecular complexity index is 1150. The van der Waals surface area contributed by atoms with E-state index in [-0.39, 0.29) is 23.4 Å². The van der Waals surface area contributed by atoms with Gasteiger partial charge in [-0.05, 0) is 59.7 Å². The van der Waals surface area contributed by atoms with Crippen molar-refractivity contribution in [1.82, 2.24) is 0 Å². The van der Waals surface area contributed by atoms with Crippen LogP contribution in [0.15, 0.2) is 53.4 Å². The van der Waals surface area contributed by atoms with Gasteiger partial charge in [-0.15, -0.1) is 0 Å². The first-order valence-electron chi connectivity index (χ1n) is 9.03.